The molecule has 0 saturated carbocycles. The van der Waals surface area contributed by atoms with Crippen LogP contribution in [0.25, 0.3) is 21.3 Å². The van der Waals surface area contributed by atoms with Crippen molar-refractivity contribution in [3.8, 4) is 10.6 Å². The maximum atomic E-state index is 12.9. The van der Waals surface area contributed by atoms with Crippen molar-refractivity contribution >= 4 is 39.7 Å². The van der Waals surface area contributed by atoms with Crippen LogP contribution in [0, 0.1) is 6.92 Å². The predicted octanol–water partition coefficient (Wildman–Crippen LogP) is 3.87. The van der Waals surface area contributed by atoms with Gasteiger partial charge in [-0.1, -0.05) is 23.5 Å². The fourth-order valence-corrected chi connectivity index (χ4v) is 4.46. The van der Waals surface area contributed by atoms with Crippen LogP contribution in [0.5, 0.6) is 0 Å². The van der Waals surface area contributed by atoms with Crippen LogP contribution in [0.2, 0.25) is 0 Å². The molecule has 9 heteroatoms. The lowest BCUT2D eigenvalue weighted by molar-refractivity contribution is 0.102. The van der Waals surface area contributed by atoms with Gasteiger partial charge in [-0.05, 0) is 62.5 Å². The summed E-state index contributed by atoms with van der Waals surface area (Å²) in [4.78, 5) is 21.6. The van der Waals surface area contributed by atoms with E-state index in [2.05, 4.69) is 36.1 Å². The number of hydrogen-bond donors (Lipinski definition) is 3. The number of hydrogen-bond acceptors (Lipinski definition) is 8. The molecule has 4 aromatic rings. The molecule has 8 nitrogen and oxygen atoms in total. The molecular weight excluding hydrogens is 422 g/mol. The molecule has 0 radical (unpaired) electrons. The molecule has 5 rings (SSSR count). The van der Waals surface area contributed by atoms with E-state index < -0.39 is 0 Å². The van der Waals surface area contributed by atoms with Crippen molar-refractivity contribution in [3.63, 3.8) is 0 Å². The van der Waals surface area contributed by atoms with Gasteiger partial charge in [0.1, 0.15) is 21.7 Å². The zero-order chi connectivity index (χ0) is 21.9. The van der Waals surface area contributed by atoms with Crippen LogP contribution in [0.15, 0.2) is 48.8 Å². The third-order valence-electron chi connectivity index (χ3n) is 5.45. The Balaban J connectivity index is 1.33. The first-order chi connectivity index (χ1) is 15.6. The summed E-state index contributed by atoms with van der Waals surface area (Å²) >= 11 is 1.55. The normalized spacial score (nSPS) is 14.4. The van der Waals surface area contributed by atoms with E-state index in [1.165, 1.54) is 0 Å². The molecular formula is C23H23N7OS. The van der Waals surface area contributed by atoms with Crippen molar-refractivity contribution in [2.45, 2.75) is 25.8 Å². The van der Waals surface area contributed by atoms with Gasteiger partial charge in [0.05, 0.1) is 0 Å². The number of amides is 1. The lowest BCUT2D eigenvalue weighted by Crippen LogP contribution is -2.35. The van der Waals surface area contributed by atoms with Crippen LogP contribution < -0.4 is 16.0 Å². The van der Waals surface area contributed by atoms with Gasteiger partial charge in [0.15, 0.2) is 0 Å². The predicted molar refractivity (Wildman–Crippen MR) is 127 cm³/mol. The van der Waals surface area contributed by atoms with Crippen LogP contribution in [0.1, 0.15) is 28.2 Å². The fourth-order valence-electron chi connectivity index (χ4n) is 3.77. The van der Waals surface area contributed by atoms with Crippen LogP contribution >= 0.6 is 11.3 Å². The number of aromatic nitrogens is 4. The van der Waals surface area contributed by atoms with Gasteiger partial charge in [-0.2, -0.15) is 0 Å². The smallest absolute Gasteiger partial charge is 0.257 e. The number of rotatable bonds is 5. The maximum absolute atomic E-state index is 12.9. The molecule has 3 N–H and O–H groups in total. The Bertz CT molecular complexity index is 1270. The average molecular weight is 446 g/mol. The Morgan fingerprint density at radius 1 is 1.03 bits per heavy atom. The number of anilines is 2. The minimum atomic E-state index is -0.219. The zero-order valence-corrected chi connectivity index (χ0v) is 18.4. The third kappa shape index (κ3) is 4.58. The minimum Gasteiger partial charge on any atom is -0.367 e. The van der Waals surface area contributed by atoms with E-state index >= 15 is 0 Å². The molecule has 0 atom stereocenters. The number of nitrogens with zero attached hydrogens (tertiary/aromatic N) is 4. The van der Waals surface area contributed by atoms with Gasteiger partial charge in [-0.25, -0.2) is 9.97 Å². The molecule has 1 saturated heterocycles. The van der Waals surface area contributed by atoms with Gasteiger partial charge >= 0.3 is 0 Å². The number of aryl methyl sites for hydroxylation is 1. The molecule has 32 heavy (non-hydrogen) atoms. The Hall–Kier alpha value is -3.43. The minimum absolute atomic E-state index is 0.219. The van der Waals surface area contributed by atoms with Crippen molar-refractivity contribution in [2.24, 2.45) is 0 Å². The van der Waals surface area contributed by atoms with Crippen LogP contribution in [-0.4, -0.2) is 45.2 Å². The van der Waals surface area contributed by atoms with Crippen molar-refractivity contribution in [1.29, 1.82) is 0 Å². The van der Waals surface area contributed by atoms with Gasteiger partial charge in [-0.3, -0.25) is 4.79 Å². The van der Waals surface area contributed by atoms with Crippen LogP contribution in [-0.2, 0) is 0 Å². The molecule has 1 aliphatic rings. The Morgan fingerprint density at radius 3 is 2.72 bits per heavy atom. The highest BCUT2D eigenvalue weighted by Gasteiger charge is 2.15. The van der Waals surface area contributed by atoms with E-state index in [0.29, 0.717) is 23.2 Å². The van der Waals surface area contributed by atoms with E-state index in [-0.39, 0.29) is 5.91 Å². The van der Waals surface area contributed by atoms with Crippen molar-refractivity contribution in [1.82, 2.24) is 25.5 Å². The van der Waals surface area contributed by atoms with Crippen LogP contribution in [0.4, 0.5) is 11.6 Å². The van der Waals surface area contributed by atoms with E-state index in [1.54, 1.807) is 35.9 Å². The van der Waals surface area contributed by atoms with E-state index in [0.717, 1.165) is 52.3 Å². The molecule has 0 unspecified atom stereocenters. The van der Waals surface area contributed by atoms with Crippen LogP contribution in [0.3, 0.4) is 0 Å². The molecule has 0 aliphatic carbocycles. The molecule has 1 aromatic carbocycles. The molecule has 1 fully saturated rings. The highest BCUT2D eigenvalue weighted by molar-refractivity contribution is 7.14. The van der Waals surface area contributed by atoms with Crippen molar-refractivity contribution < 1.29 is 4.79 Å². The number of benzene rings is 1. The summed E-state index contributed by atoms with van der Waals surface area (Å²) in [5, 5.41) is 21.8. The Morgan fingerprint density at radius 2 is 1.91 bits per heavy atom. The Kier molecular flexibility index (Phi) is 5.74. The standard InChI is InChI=1S/C23H23N7OS/c1-14-29-30-23(32-14)16-2-3-17-13-26-21(12-18(17)10-16)28-22(31)15-4-9-25-20(11-15)27-19-5-7-24-8-6-19/h2-4,9-13,19,24H,5-8H2,1H3,(H,25,27)(H,26,28,31). The second kappa shape index (κ2) is 8.97. The van der Waals surface area contributed by atoms with E-state index in [9.17, 15) is 4.79 Å². The lowest BCUT2D eigenvalue weighted by atomic mass is 10.1. The number of pyridine rings is 2. The summed E-state index contributed by atoms with van der Waals surface area (Å²) in [5.41, 5.74) is 1.53. The zero-order valence-electron chi connectivity index (χ0n) is 17.6. The molecule has 162 valence electrons. The van der Waals surface area contributed by atoms with Crippen molar-refractivity contribution in [3.05, 3.63) is 59.4 Å². The topological polar surface area (TPSA) is 105 Å². The van der Waals surface area contributed by atoms with Crippen molar-refractivity contribution in [2.75, 3.05) is 23.7 Å². The molecule has 3 aromatic heterocycles. The number of fused-ring (bicyclic) bond motifs is 1. The largest absolute Gasteiger partial charge is 0.367 e. The average Bonchev–Trinajstić information content (AvgIpc) is 3.26. The van der Waals surface area contributed by atoms with Gasteiger partial charge in [0, 0.05) is 34.9 Å². The van der Waals surface area contributed by atoms with Gasteiger partial charge < -0.3 is 16.0 Å². The summed E-state index contributed by atoms with van der Waals surface area (Å²) in [7, 11) is 0. The molecule has 1 aliphatic heterocycles. The second-order valence-corrected chi connectivity index (χ2v) is 8.99. The second-order valence-electron chi connectivity index (χ2n) is 7.81. The van der Waals surface area contributed by atoms with Gasteiger partial charge in [0.25, 0.3) is 5.91 Å². The molecule has 0 bridgehead atoms. The number of nitrogens with one attached hydrogen (secondary N) is 3. The number of carbonyl (C=O) groups is 1. The lowest BCUT2D eigenvalue weighted by Gasteiger charge is -2.24. The summed E-state index contributed by atoms with van der Waals surface area (Å²) in [6.07, 6.45) is 5.49. The summed E-state index contributed by atoms with van der Waals surface area (Å²) in [6, 6.07) is 11.8. The van der Waals surface area contributed by atoms with Gasteiger partial charge in [0.2, 0.25) is 0 Å². The third-order valence-corrected chi connectivity index (χ3v) is 6.34. The Labute approximate surface area is 189 Å². The first-order valence-electron chi connectivity index (χ1n) is 10.6. The maximum Gasteiger partial charge on any atom is 0.257 e. The molecule has 0 spiro atoms. The first-order valence-corrected chi connectivity index (χ1v) is 11.4. The fraction of sp³-hybridized carbons (Fsp3) is 0.261. The highest BCUT2D eigenvalue weighted by Crippen LogP contribution is 2.27. The van der Waals surface area contributed by atoms with E-state index in [1.807, 2.05) is 31.2 Å². The van der Waals surface area contributed by atoms with E-state index in [4.69, 9.17) is 0 Å². The highest BCUT2D eigenvalue weighted by atomic mass is 32.1. The quantitative estimate of drug-likeness (QED) is 0.428. The van der Waals surface area contributed by atoms with Gasteiger partial charge in [-0.15, -0.1) is 10.2 Å². The molecule has 1 amide bonds. The number of piperidine rings is 1. The SMILES string of the molecule is Cc1nnc(-c2ccc3cnc(NC(=O)c4ccnc(NC5CCNCC5)c4)cc3c2)s1. The number of carbonyl (C=O) groups excluding carboxylic acids is 1. The summed E-state index contributed by atoms with van der Waals surface area (Å²) in [5.74, 6) is 0.995. The first kappa shape index (κ1) is 20.5. The molecule has 4 heterocycles. The monoisotopic (exact) mass is 445 g/mol. The summed E-state index contributed by atoms with van der Waals surface area (Å²) in [6.45, 7) is 3.92. The summed E-state index contributed by atoms with van der Waals surface area (Å²) < 4.78 is 0.